The van der Waals surface area contributed by atoms with E-state index in [4.69, 9.17) is 0 Å². The van der Waals surface area contributed by atoms with Gasteiger partial charge < -0.3 is 0 Å². The van der Waals surface area contributed by atoms with Crippen molar-refractivity contribution >= 4 is 22.5 Å². The van der Waals surface area contributed by atoms with Crippen molar-refractivity contribution in [2.24, 2.45) is 0 Å². The molecule has 0 aliphatic rings. The lowest BCUT2D eigenvalue weighted by atomic mass is 9.14. The van der Waals surface area contributed by atoms with Gasteiger partial charge in [0.25, 0.3) is 0 Å². The summed E-state index contributed by atoms with van der Waals surface area (Å²) in [5.74, 6) is 0. The Morgan fingerprint density at radius 3 is 0.974 bits per heavy atom. The highest BCUT2D eigenvalue weighted by atomic mass is 14.2. The zero-order valence-electron chi connectivity index (χ0n) is 27.0. The number of hydrogen-bond donors (Lipinski definition) is 0. The minimum atomic E-state index is -1.10. The normalized spacial score (nSPS) is 13.1. The molecule has 212 valence electrons. The Hall–Kier alpha value is -2.28. The lowest BCUT2D eigenvalue weighted by Crippen LogP contribution is -2.67. The maximum absolute atomic E-state index is 2.45. The number of rotatable bonds is 10. The Labute approximate surface area is 242 Å². The molecule has 0 saturated heterocycles. The molecule has 0 radical (unpaired) electrons. The largest absolute Gasteiger partial charge is 0.200 e. The van der Waals surface area contributed by atoms with E-state index in [2.05, 4.69) is 142 Å². The summed E-state index contributed by atoms with van der Waals surface area (Å²) in [4.78, 5) is 0. The van der Waals surface area contributed by atoms with Crippen LogP contribution < -0.4 is 16.4 Å². The van der Waals surface area contributed by atoms with Gasteiger partial charge in [0.05, 0.1) is 6.15 Å². The van der Waals surface area contributed by atoms with Gasteiger partial charge in [-0.3, -0.25) is 0 Å². The second-order valence-electron chi connectivity index (χ2n) is 15.2. The molecule has 0 aliphatic heterocycles. The SMILES string of the molecule is CCCCCCCC[B-](c1ccc(C(C)(C)C)cc1)(c1ccc(C(C)(C)C)cc1)c1ccc(C(C)(C)C)cc1. The van der Waals surface area contributed by atoms with E-state index in [1.54, 1.807) is 0 Å². The van der Waals surface area contributed by atoms with Crippen molar-refractivity contribution in [3.8, 4) is 0 Å². The monoisotopic (exact) mass is 523 g/mol. The fraction of sp³-hybridized carbons (Fsp3) is 0.526. The standard InChI is InChI=1S/C38H56B/c1-11-12-13-14-15-16-29-39(33-23-17-30(18-24-33)36(2,3)4,34-25-19-31(20-26-34)37(5,6)7)35-27-21-32(22-28-35)38(8,9)10/h17-28H,11-16,29H2,1-10H3/q-1. The molecule has 0 nitrogen and oxygen atoms in total. The predicted octanol–water partition coefficient (Wildman–Crippen LogP) is 9.41. The summed E-state index contributed by atoms with van der Waals surface area (Å²) in [5, 5.41) is 0. The van der Waals surface area contributed by atoms with E-state index < -0.39 is 6.15 Å². The molecule has 0 unspecified atom stereocenters. The summed E-state index contributed by atoms with van der Waals surface area (Å²) in [6, 6.07) is 29.0. The fourth-order valence-corrected chi connectivity index (χ4v) is 6.24. The first-order valence-corrected chi connectivity index (χ1v) is 15.7. The number of hydrogen-bond acceptors (Lipinski definition) is 0. The molecule has 1 heteroatoms. The summed E-state index contributed by atoms with van der Waals surface area (Å²) in [6.45, 7) is 23.1. The quantitative estimate of drug-likeness (QED) is 0.183. The molecule has 3 aromatic carbocycles. The lowest BCUT2D eigenvalue weighted by Gasteiger charge is -2.44. The molecule has 3 rings (SSSR count). The topological polar surface area (TPSA) is 0 Å². The van der Waals surface area contributed by atoms with Gasteiger partial charge >= 0.3 is 0 Å². The molecule has 39 heavy (non-hydrogen) atoms. The van der Waals surface area contributed by atoms with E-state index in [0.29, 0.717) is 0 Å². The summed E-state index contributed by atoms with van der Waals surface area (Å²) >= 11 is 0. The van der Waals surface area contributed by atoms with Crippen LogP contribution in [0, 0.1) is 0 Å². The van der Waals surface area contributed by atoms with Gasteiger partial charge in [-0.1, -0.05) is 181 Å². The van der Waals surface area contributed by atoms with E-state index in [0.717, 1.165) is 0 Å². The highest BCUT2D eigenvalue weighted by Gasteiger charge is 2.31. The number of benzene rings is 3. The van der Waals surface area contributed by atoms with E-state index in [1.165, 1.54) is 77.9 Å². The van der Waals surface area contributed by atoms with Crippen molar-refractivity contribution in [2.75, 3.05) is 0 Å². The van der Waals surface area contributed by atoms with Crippen LogP contribution in [0.3, 0.4) is 0 Å². The fourth-order valence-electron chi connectivity index (χ4n) is 6.24. The van der Waals surface area contributed by atoms with Gasteiger partial charge in [0, 0.05) is 0 Å². The second kappa shape index (κ2) is 12.5. The summed E-state index contributed by atoms with van der Waals surface area (Å²) in [6.07, 6.45) is 8.00. The van der Waals surface area contributed by atoms with E-state index >= 15 is 0 Å². The minimum absolute atomic E-state index is 0.149. The van der Waals surface area contributed by atoms with Gasteiger partial charge in [-0.2, -0.15) is 22.7 Å². The Kier molecular flexibility index (Phi) is 10.0. The van der Waals surface area contributed by atoms with Crippen molar-refractivity contribution in [2.45, 2.75) is 130 Å². The first-order valence-electron chi connectivity index (χ1n) is 15.7. The average Bonchev–Trinajstić information content (AvgIpc) is 2.87. The van der Waals surface area contributed by atoms with Crippen LogP contribution in [0.5, 0.6) is 0 Å². The number of unbranched alkanes of at least 4 members (excludes halogenated alkanes) is 5. The van der Waals surface area contributed by atoms with Crippen LogP contribution in [0.25, 0.3) is 0 Å². The molecule has 0 fully saturated rings. The smallest absolute Gasteiger partial charge is 0.0814 e. The molecule has 0 saturated carbocycles. The van der Waals surface area contributed by atoms with Crippen molar-refractivity contribution in [1.29, 1.82) is 0 Å². The third-order valence-corrected chi connectivity index (χ3v) is 9.03. The first-order chi connectivity index (χ1) is 18.2. The zero-order valence-corrected chi connectivity index (χ0v) is 27.0. The molecule has 3 aromatic rings. The molecule has 0 N–H and O–H groups in total. The molecular formula is C38H56B-. The van der Waals surface area contributed by atoms with Crippen LogP contribution in [0.2, 0.25) is 6.32 Å². The Bertz CT molecular complexity index is 1000. The second-order valence-corrected chi connectivity index (χ2v) is 15.2. The molecule has 0 spiro atoms. The summed E-state index contributed by atoms with van der Waals surface area (Å²) in [5.41, 5.74) is 9.09. The van der Waals surface area contributed by atoms with Crippen LogP contribution in [-0.2, 0) is 16.2 Å². The van der Waals surface area contributed by atoms with Gasteiger partial charge in [-0.05, 0) is 32.9 Å². The van der Waals surface area contributed by atoms with Crippen LogP contribution in [0.4, 0.5) is 0 Å². The molecule has 0 atom stereocenters. The maximum Gasteiger partial charge on any atom is 0.0814 e. The lowest BCUT2D eigenvalue weighted by molar-refractivity contribution is 0.590. The summed E-state index contributed by atoms with van der Waals surface area (Å²) < 4.78 is 0. The van der Waals surface area contributed by atoms with E-state index in [9.17, 15) is 0 Å². The third-order valence-electron chi connectivity index (χ3n) is 9.03. The first kappa shape index (κ1) is 31.3. The van der Waals surface area contributed by atoms with Gasteiger partial charge in [0.1, 0.15) is 0 Å². The Morgan fingerprint density at radius 2 is 0.692 bits per heavy atom. The molecular weight excluding hydrogens is 467 g/mol. The highest BCUT2D eigenvalue weighted by molar-refractivity contribution is 7.11. The van der Waals surface area contributed by atoms with Crippen LogP contribution >= 0.6 is 0 Å². The maximum atomic E-state index is 2.45. The minimum Gasteiger partial charge on any atom is -0.200 e. The van der Waals surface area contributed by atoms with Gasteiger partial charge in [-0.25, -0.2) is 0 Å². The van der Waals surface area contributed by atoms with Crippen molar-refractivity contribution in [3.05, 3.63) is 89.5 Å². The average molecular weight is 524 g/mol. The Morgan fingerprint density at radius 1 is 0.410 bits per heavy atom. The van der Waals surface area contributed by atoms with E-state index in [1.807, 2.05) is 0 Å². The van der Waals surface area contributed by atoms with Crippen LogP contribution in [0.1, 0.15) is 124 Å². The van der Waals surface area contributed by atoms with Gasteiger partial charge in [-0.15, -0.1) is 0 Å². The van der Waals surface area contributed by atoms with Gasteiger partial charge in [0.2, 0.25) is 0 Å². The van der Waals surface area contributed by atoms with Crippen LogP contribution in [0.15, 0.2) is 72.8 Å². The molecule has 0 aromatic heterocycles. The van der Waals surface area contributed by atoms with Crippen molar-refractivity contribution < 1.29 is 0 Å². The summed E-state index contributed by atoms with van der Waals surface area (Å²) in [7, 11) is 0. The third kappa shape index (κ3) is 7.68. The van der Waals surface area contributed by atoms with Crippen molar-refractivity contribution in [3.63, 3.8) is 0 Å². The van der Waals surface area contributed by atoms with Gasteiger partial charge in [0.15, 0.2) is 0 Å². The molecule has 0 amide bonds. The molecule has 0 aliphatic carbocycles. The molecule has 0 heterocycles. The Balaban J connectivity index is 2.19. The van der Waals surface area contributed by atoms with E-state index in [-0.39, 0.29) is 16.2 Å². The zero-order chi connectivity index (χ0) is 28.9. The predicted molar refractivity (Wildman–Crippen MR) is 178 cm³/mol. The van der Waals surface area contributed by atoms with Crippen molar-refractivity contribution in [1.82, 2.24) is 0 Å². The highest BCUT2D eigenvalue weighted by Crippen LogP contribution is 2.27. The molecule has 0 bridgehead atoms. The van der Waals surface area contributed by atoms with Crippen LogP contribution in [-0.4, -0.2) is 6.15 Å².